The van der Waals surface area contributed by atoms with Gasteiger partial charge in [-0.15, -0.1) is 0 Å². The van der Waals surface area contributed by atoms with Crippen molar-refractivity contribution in [1.29, 1.82) is 0 Å². The van der Waals surface area contributed by atoms with Crippen molar-refractivity contribution < 1.29 is 27.8 Å². The number of hydrogen-bond acceptors (Lipinski definition) is 4. The molecule has 0 fully saturated rings. The van der Waals surface area contributed by atoms with Crippen LogP contribution < -0.4 is 19.5 Å². The molecule has 0 aromatic heterocycles. The first-order valence-electron chi connectivity index (χ1n) is 7.58. The van der Waals surface area contributed by atoms with E-state index >= 15 is 0 Å². The molecule has 0 spiro atoms. The first-order chi connectivity index (χ1) is 12.0. The number of hydrogen-bond donors (Lipinski definition) is 1. The molecule has 1 N–H and O–H groups in total. The molecule has 25 heavy (non-hydrogen) atoms. The van der Waals surface area contributed by atoms with Crippen molar-refractivity contribution in [3.63, 3.8) is 0 Å². The number of fused-ring (bicyclic) bond motifs is 1. The van der Waals surface area contributed by atoms with E-state index in [1.165, 1.54) is 33.5 Å². The third-order valence-corrected chi connectivity index (χ3v) is 4.24. The van der Waals surface area contributed by atoms with E-state index in [2.05, 4.69) is 5.32 Å². The average molecular weight is 349 g/mol. The van der Waals surface area contributed by atoms with Crippen LogP contribution in [0, 0.1) is 11.6 Å². The molecule has 5 nitrogen and oxygen atoms in total. The monoisotopic (exact) mass is 349 g/mol. The lowest BCUT2D eigenvalue weighted by Gasteiger charge is -2.29. The number of benzene rings is 2. The van der Waals surface area contributed by atoms with Crippen LogP contribution in [0.15, 0.2) is 24.3 Å². The van der Waals surface area contributed by atoms with Crippen LogP contribution >= 0.6 is 0 Å². The zero-order valence-corrected chi connectivity index (χ0v) is 14.0. The summed E-state index contributed by atoms with van der Waals surface area (Å²) in [5.74, 6) is -1.98. The van der Waals surface area contributed by atoms with Crippen LogP contribution in [0.3, 0.4) is 0 Å². The summed E-state index contributed by atoms with van der Waals surface area (Å²) in [6, 6.07) is 5.49. The summed E-state index contributed by atoms with van der Waals surface area (Å²) >= 11 is 0. The second-order valence-corrected chi connectivity index (χ2v) is 5.55. The number of halogens is 2. The normalized spacial score (nSPS) is 16.0. The highest BCUT2D eigenvalue weighted by Crippen LogP contribution is 2.51. The van der Waals surface area contributed by atoms with Gasteiger partial charge in [-0.1, -0.05) is 12.1 Å². The van der Waals surface area contributed by atoms with Crippen molar-refractivity contribution in [2.75, 3.05) is 26.6 Å². The van der Waals surface area contributed by atoms with Crippen molar-refractivity contribution in [3.05, 3.63) is 47.0 Å². The molecule has 0 bridgehead atoms. The Morgan fingerprint density at radius 3 is 2.44 bits per heavy atom. The fourth-order valence-corrected chi connectivity index (χ4v) is 3.17. The highest BCUT2D eigenvalue weighted by molar-refractivity contribution is 5.97. The Hall–Kier alpha value is -2.83. The molecule has 0 unspecified atom stereocenters. The van der Waals surface area contributed by atoms with Gasteiger partial charge < -0.3 is 19.5 Å². The maximum Gasteiger partial charge on any atom is 0.225 e. The Labute approximate surface area is 143 Å². The molecule has 3 rings (SSSR count). The highest BCUT2D eigenvalue weighted by Gasteiger charge is 2.35. The van der Waals surface area contributed by atoms with E-state index in [4.69, 9.17) is 14.2 Å². The van der Waals surface area contributed by atoms with Crippen molar-refractivity contribution in [1.82, 2.24) is 0 Å². The van der Waals surface area contributed by atoms with Gasteiger partial charge >= 0.3 is 0 Å². The topological polar surface area (TPSA) is 56.8 Å². The maximum absolute atomic E-state index is 14.4. The zero-order valence-electron chi connectivity index (χ0n) is 14.0. The smallest absolute Gasteiger partial charge is 0.225 e. The number of carbonyl (C=O) groups excluding carboxylic acids is 1. The van der Waals surface area contributed by atoms with Crippen LogP contribution in [-0.2, 0) is 4.79 Å². The highest BCUT2D eigenvalue weighted by atomic mass is 19.2. The van der Waals surface area contributed by atoms with Gasteiger partial charge in [0.05, 0.1) is 27.0 Å². The minimum absolute atomic E-state index is 0.0424. The summed E-state index contributed by atoms with van der Waals surface area (Å²) in [6.07, 6.45) is -0.0424. The maximum atomic E-state index is 14.4. The lowest BCUT2D eigenvalue weighted by atomic mass is 9.83. The first kappa shape index (κ1) is 17.0. The minimum atomic E-state index is -0.981. The van der Waals surface area contributed by atoms with Crippen LogP contribution in [0.2, 0.25) is 0 Å². The van der Waals surface area contributed by atoms with Gasteiger partial charge in [-0.25, -0.2) is 8.78 Å². The van der Waals surface area contributed by atoms with E-state index in [0.29, 0.717) is 28.5 Å². The van der Waals surface area contributed by atoms with Gasteiger partial charge in [-0.3, -0.25) is 4.79 Å². The van der Waals surface area contributed by atoms with E-state index in [-0.39, 0.29) is 17.9 Å². The fraction of sp³-hybridized carbons (Fsp3) is 0.278. The predicted octanol–water partition coefficient (Wildman–Crippen LogP) is 3.46. The third kappa shape index (κ3) is 2.75. The summed E-state index contributed by atoms with van der Waals surface area (Å²) in [7, 11) is 4.34. The molecule has 0 saturated carbocycles. The van der Waals surface area contributed by atoms with Crippen molar-refractivity contribution in [2.24, 2.45) is 0 Å². The molecule has 1 aliphatic heterocycles. The number of methoxy groups -OCH3 is 3. The van der Waals surface area contributed by atoms with E-state index in [1.807, 2.05) is 0 Å². The van der Waals surface area contributed by atoms with Gasteiger partial charge in [0.2, 0.25) is 11.7 Å². The Bertz CT molecular complexity index is 838. The molecule has 0 aliphatic carbocycles. The van der Waals surface area contributed by atoms with Crippen LogP contribution in [0.4, 0.5) is 14.5 Å². The number of ether oxygens (including phenoxy) is 3. The summed E-state index contributed by atoms with van der Waals surface area (Å²) in [5, 5.41) is 2.72. The lowest BCUT2D eigenvalue weighted by Crippen LogP contribution is -2.25. The van der Waals surface area contributed by atoms with Crippen molar-refractivity contribution in [2.45, 2.75) is 12.3 Å². The molecule has 1 atom stereocenters. The molecule has 1 amide bonds. The van der Waals surface area contributed by atoms with Gasteiger partial charge in [0.25, 0.3) is 0 Å². The molecule has 2 aromatic carbocycles. The second-order valence-electron chi connectivity index (χ2n) is 5.55. The van der Waals surface area contributed by atoms with Gasteiger partial charge in [-0.2, -0.15) is 0 Å². The Morgan fingerprint density at radius 1 is 1.08 bits per heavy atom. The molecular formula is C18H17F2NO4. The molecule has 132 valence electrons. The van der Waals surface area contributed by atoms with E-state index in [9.17, 15) is 13.6 Å². The summed E-state index contributed by atoms with van der Waals surface area (Å²) < 4.78 is 44.2. The SMILES string of the molecule is COc1cc2c(c(OC)c1OC)[C@@H](c1cccc(F)c1F)CC(=O)N2. The standard InChI is InChI=1S/C18H17F2NO4/c1-23-13-8-12-15(18(25-3)17(13)24-2)10(7-14(22)21-12)9-5-4-6-11(19)16(9)20/h4-6,8,10H,7H2,1-3H3,(H,21,22)/t10-/m1/s1. The van der Waals surface area contributed by atoms with Crippen molar-refractivity contribution in [3.8, 4) is 17.2 Å². The lowest BCUT2D eigenvalue weighted by molar-refractivity contribution is -0.116. The number of amides is 1. The summed E-state index contributed by atoms with van der Waals surface area (Å²) in [6.45, 7) is 0. The zero-order chi connectivity index (χ0) is 18.1. The quantitative estimate of drug-likeness (QED) is 0.918. The number of carbonyl (C=O) groups is 1. The van der Waals surface area contributed by atoms with Gasteiger partial charge in [0.1, 0.15) is 0 Å². The van der Waals surface area contributed by atoms with Crippen LogP contribution in [0.5, 0.6) is 17.2 Å². The van der Waals surface area contributed by atoms with Gasteiger partial charge in [0.15, 0.2) is 23.1 Å². The van der Waals surface area contributed by atoms with E-state index in [0.717, 1.165) is 6.07 Å². The summed E-state index contributed by atoms with van der Waals surface area (Å²) in [5.41, 5.74) is 1.02. The predicted molar refractivity (Wildman–Crippen MR) is 87.5 cm³/mol. The Balaban J connectivity index is 2.29. The molecule has 1 heterocycles. The third-order valence-electron chi connectivity index (χ3n) is 4.24. The number of nitrogens with one attached hydrogen (secondary N) is 1. The van der Waals surface area contributed by atoms with Crippen LogP contribution in [0.25, 0.3) is 0 Å². The van der Waals surface area contributed by atoms with Crippen LogP contribution in [0.1, 0.15) is 23.5 Å². The fourth-order valence-electron chi connectivity index (χ4n) is 3.17. The molecule has 2 aromatic rings. The molecule has 1 aliphatic rings. The minimum Gasteiger partial charge on any atom is -0.493 e. The molecule has 0 radical (unpaired) electrons. The van der Waals surface area contributed by atoms with Gasteiger partial charge in [-0.05, 0) is 11.6 Å². The number of rotatable bonds is 4. The first-order valence-corrected chi connectivity index (χ1v) is 7.58. The molecule has 0 saturated heterocycles. The van der Waals surface area contributed by atoms with Gasteiger partial charge in [0, 0.05) is 24.0 Å². The van der Waals surface area contributed by atoms with E-state index in [1.54, 1.807) is 6.07 Å². The Kier molecular flexibility index (Phi) is 4.48. The average Bonchev–Trinajstić information content (AvgIpc) is 2.61. The van der Waals surface area contributed by atoms with Crippen LogP contribution in [-0.4, -0.2) is 27.2 Å². The molecular weight excluding hydrogens is 332 g/mol. The second kappa shape index (κ2) is 6.58. The van der Waals surface area contributed by atoms with E-state index < -0.39 is 17.6 Å². The Morgan fingerprint density at radius 2 is 1.80 bits per heavy atom. The number of anilines is 1. The summed E-state index contributed by atoms with van der Waals surface area (Å²) in [4.78, 5) is 12.1. The van der Waals surface area contributed by atoms with Crippen molar-refractivity contribution >= 4 is 11.6 Å². The largest absolute Gasteiger partial charge is 0.493 e. The molecule has 7 heteroatoms.